The Kier molecular flexibility index (Phi) is 8.73. The van der Waals surface area contributed by atoms with Gasteiger partial charge in [0.1, 0.15) is 5.75 Å². The summed E-state index contributed by atoms with van der Waals surface area (Å²) in [6.45, 7) is 2.28. The van der Waals surface area contributed by atoms with E-state index in [4.69, 9.17) is 4.74 Å². The lowest BCUT2D eigenvalue weighted by Gasteiger charge is -2.06. The second kappa shape index (κ2) is 11.1. The molecule has 2 aromatic rings. The molecule has 0 aliphatic rings. The quantitative estimate of drug-likeness (QED) is 0.371. The molecule has 0 bridgehead atoms. The molecule has 0 radical (unpaired) electrons. The minimum atomic E-state index is 0.943. The zero-order chi connectivity index (χ0) is 17.0. The average Bonchev–Trinajstić information content (AvgIpc) is 2.62. The van der Waals surface area contributed by atoms with Crippen molar-refractivity contribution in [1.29, 1.82) is 0 Å². The van der Waals surface area contributed by atoms with Gasteiger partial charge in [0.05, 0.1) is 7.11 Å². The molecule has 0 aliphatic carbocycles. The molecule has 0 N–H and O–H groups in total. The lowest BCUT2D eigenvalue weighted by molar-refractivity contribution is 0.415. The molecular weight excluding hydrogens is 292 g/mol. The first-order valence-corrected chi connectivity index (χ1v) is 9.90. The molecule has 0 fully saturated rings. The first-order valence-electron chi connectivity index (χ1n) is 9.90. The highest BCUT2D eigenvalue weighted by Gasteiger charge is 2.00. The van der Waals surface area contributed by atoms with Gasteiger partial charge >= 0.3 is 0 Å². The zero-order valence-corrected chi connectivity index (χ0v) is 15.7. The molecule has 1 heteroatoms. The predicted octanol–water partition coefficient (Wildman–Crippen LogP) is 7.31. The fraction of sp³-hybridized carbons (Fsp3) is 0.565. The minimum absolute atomic E-state index is 0.943. The van der Waals surface area contributed by atoms with Crippen molar-refractivity contribution < 1.29 is 4.74 Å². The zero-order valence-electron chi connectivity index (χ0n) is 15.7. The van der Waals surface area contributed by atoms with Crippen molar-refractivity contribution in [2.24, 2.45) is 0 Å². The summed E-state index contributed by atoms with van der Waals surface area (Å²) in [4.78, 5) is 0. The Balaban J connectivity index is 1.63. The number of hydrogen-bond acceptors (Lipinski definition) is 1. The maximum absolute atomic E-state index is 5.33. The molecule has 0 saturated carbocycles. The van der Waals surface area contributed by atoms with Crippen LogP contribution >= 0.6 is 0 Å². The topological polar surface area (TPSA) is 9.23 Å². The minimum Gasteiger partial charge on any atom is -0.497 e. The van der Waals surface area contributed by atoms with E-state index in [0.29, 0.717) is 0 Å². The summed E-state index contributed by atoms with van der Waals surface area (Å²) in [5, 5.41) is 2.58. The molecule has 24 heavy (non-hydrogen) atoms. The maximum atomic E-state index is 5.33. The van der Waals surface area contributed by atoms with Gasteiger partial charge in [-0.25, -0.2) is 0 Å². The van der Waals surface area contributed by atoms with E-state index in [1.54, 1.807) is 7.11 Å². The van der Waals surface area contributed by atoms with Crippen LogP contribution in [0.2, 0.25) is 0 Å². The lowest BCUT2D eigenvalue weighted by Crippen LogP contribution is -1.88. The number of aryl methyl sites for hydroxylation is 1. The Labute approximate surface area is 148 Å². The summed E-state index contributed by atoms with van der Waals surface area (Å²) < 4.78 is 5.33. The van der Waals surface area contributed by atoms with Crippen molar-refractivity contribution in [1.82, 2.24) is 0 Å². The Morgan fingerprint density at radius 1 is 0.667 bits per heavy atom. The van der Waals surface area contributed by atoms with E-state index >= 15 is 0 Å². The van der Waals surface area contributed by atoms with Crippen LogP contribution in [0, 0.1) is 0 Å². The summed E-state index contributed by atoms with van der Waals surface area (Å²) in [5.74, 6) is 0.943. The highest BCUT2D eigenvalue weighted by Crippen LogP contribution is 2.23. The smallest absolute Gasteiger partial charge is 0.119 e. The van der Waals surface area contributed by atoms with Gasteiger partial charge in [0, 0.05) is 0 Å². The maximum Gasteiger partial charge on any atom is 0.119 e. The van der Waals surface area contributed by atoms with Gasteiger partial charge in [-0.05, 0) is 41.3 Å². The van der Waals surface area contributed by atoms with Crippen LogP contribution in [0.5, 0.6) is 5.75 Å². The number of ether oxygens (including phenoxy) is 1. The number of fused-ring (bicyclic) bond motifs is 1. The number of rotatable bonds is 12. The summed E-state index contributed by atoms with van der Waals surface area (Å²) in [6, 6.07) is 13.1. The SMILES string of the molecule is CCCCCCCCCCCCc1ccc2ccc(OC)cc2c1. The number of benzene rings is 2. The van der Waals surface area contributed by atoms with Gasteiger partial charge in [-0.3, -0.25) is 0 Å². The van der Waals surface area contributed by atoms with Gasteiger partial charge in [0.2, 0.25) is 0 Å². The highest BCUT2D eigenvalue weighted by atomic mass is 16.5. The molecule has 0 aliphatic heterocycles. The summed E-state index contributed by atoms with van der Waals surface area (Å²) in [6.07, 6.45) is 15.2. The molecule has 0 aromatic heterocycles. The third-order valence-electron chi connectivity index (χ3n) is 4.93. The van der Waals surface area contributed by atoms with Crippen molar-refractivity contribution in [3.05, 3.63) is 42.0 Å². The second-order valence-corrected chi connectivity index (χ2v) is 6.98. The first-order chi connectivity index (χ1) is 11.8. The summed E-state index contributed by atoms with van der Waals surface area (Å²) in [7, 11) is 1.73. The van der Waals surface area contributed by atoms with Crippen LogP contribution in [0.25, 0.3) is 10.8 Å². The van der Waals surface area contributed by atoms with E-state index in [0.717, 1.165) is 5.75 Å². The molecule has 0 heterocycles. The monoisotopic (exact) mass is 326 g/mol. The standard InChI is InChI=1S/C23H34O/c1-3-4-5-6-7-8-9-10-11-12-13-20-14-15-21-16-17-23(24-2)19-22(21)18-20/h14-19H,3-13H2,1-2H3. The molecule has 2 rings (SSSR count). The Bertz CT molecular complexity index is 588. The second-order valence-electron chi connectivity index (χ2n) is 6.98. The van der Waals surface area contributed by atoms with Crippen LogP contribution in [0.1, 0.15) is 76.7 Å². The molecule has 2 aromatic carbocycles. The molecule has 0 saturated heterocycles. The van der Waals surface area contributed by atoms with Crippen LogP contribution in [0.15, 0.2) is 36.4 Å². The third-order valence-corrected chi connectivity index (χ3v) is 4.93. The van der Waals surface area contributed by atoms with E-state index in [9.17, 15) is 0 Å². The molecule has 0 amide bonds. The molecule has 0 unspecified atom stereocenters. The van der Waals surface area contributed by atoms with Crippen molar-refractivity contribution in [3.8, 4) is 5.75 Å². The van der Waals surface area contributed by atoms with Crippen LogP contribution < -0.4 is 4.74 Å². The van der Waals surface area contributed by atoms with Gasteiger partial charge in [-0.1, -0.05) is 89.0 Å². The van der Waals surface area contributed by atoms with E-state index in [-0.39, 0.29) is 0 Å². The normalized spacial score (nSPS) is 11.1. The largest absolute Gasteiger partial charge is 0.497 e. The van der Waals surface area contributed by atoms with Crippen LogP contribution in [0.4, 0.5) is 0 Å². The van der Waals surface area contributed by atoms with E-state index < -0.39 is 0 Å². The van der Waals surface area contributed by atoms with Crippen molar-refractivity contribution >= 4 is 10.8 Å². The van der Waals surface area contributed by atoms with Crippen molar-refractivity contribution in [3.63, 3.8) is 0 Å². The van der Waals surface area contributed by atoms with Crippen LogP contribution in [0.3, 0.4) is 0 Å². The van der Waals surface area contributed by atoms with Gasteiger partial charge < -0.3 is 4.74 Å². The van der Waals surface area contributed by atoms with Gasteiger partial charge in [0.15, 0.2) is 0 Å². The Morgan fingerprint density at radius 2 is 1.29 bits per heavy atom. The highest BCUT2D eigenvalue weighted by molar-refractivity contribution is 5.84. The van der Waals surface area contributed by atoms with Gasteiger partial charge in [0.25, 0.3) is 0 Å². The molecule has 1 nitrogen and oxygen atoms in total. The van der Waals surface area contributed by atoms with Gasteiger partial charge in [-0.15, -0.1) is 0 Å². The van der Waals surface area contributed by atoms with Crippen molar-refractivity contribution in [2.75, 3.05) is 7.11 Å². The summed E-state index contributed by atoms with van der Waals surface area (Å²) >= 11 is 0. The van der Waals surface area contributed by atoms with E-state index in [2.05, 4.69) is 37.3 Å². The van der Waals surface area contributed by atoms with Gasteiger partial charge in [-0.2, -0.15) is 0 Å². The fourth-order valence-corrected chi connectivity index (χ4v) is 3.37. The van der Waals surface area contributed by atoms with Crippen molar-refractivity contribution in [2.45, 2.75) is 77.6 Å². The summed E-state index contributed by atoms with van der Waals surface area (Å²) in [5.41, 5.74) is 1.45. The molecular formula is C23H34O. The first kappa shape index (κ1) is 18.8. The Morgan fingerprint density at radius 3 is 1.96 bits per heavy atom. The Hall–Kier alpha value is -1.50. The number of hydrogen-bond donors (Lipinski definition) is 0. The van der Waals surface area contributed by atoms with E-state index in [1.807, 2.05) is 6.07 Å². The molecule has 0 spiro atoms. The van der Waals surface area contributed by atoms with Crippen LogP contribution in [-0.4, -0.2) is 7.11 Å². The molecule has 132 valence electrons. The number of unbranched alkanes of at least 4 members (excludes halogenated alkanes) is 9. The average molecular weight is 327 g/mol. The number of methoxy groups -OCH3 is 1. The van der Waals surface area contributed by atoms with Crippen LogP contribution in [-0.2, 0) is 6.42 Å². The third kappa shape index (κ3) is 6.55. The van der Waals surface area contributed by atoms with E-state index in [1.165, 1.54) is 87.0 Å². The molecule has 0 atom stereocenters. The lowest BCUT2D eigenvalue weighted by atomic mass is 10.0. The fourth-order valence-electron chi connectivity index (χ4n) is 3.37. The predicted molar refractivity (Wildman–Crippen MR) is 106 cm³/mol.